The summed E-state index contributed by atoms with van der Waals surface area (Å²) < 4.78 is 7.03. The van der Waals surface area contributed by atoms with Gasteiger partial charge in [-0.05, 0) is 107 Å². The average molecular weight is 831 g/mol. The van der Waals surface area contributed by atoms with E-state index >= 15 is 0 Å². The topological polar surface area (TPSA) is 53.5 Å². The van der Waals surface area contributed by atoms with Gasteiger partial charge in [0.2, 0.25) is 0 Å². The molecule has 6 nitrogen and oxygen atoms in total. The molecule has 0 unspecified atom stereocenters. The minimum atomic E-state index is 0.840. The first-order valence-corrected chi connectivity index (χ1v) is 21.9. The Balaban J connectivity index is 0.878. The maximum absolute atomic E-state index is 5.14. The molecule has 4 aromatic heterocycles. The number of hydrogen-bond acceptors (Lipinski definition) is 3. The van der Waals surface area contributed by atoms with Crippen molar-refractivity contribution in [3.8, 4) is 62.0 Å². The van der Waals surface area contributed by atoms with E-state index in [2.05, 4.69) is 230 Å². The molecule has 0 saturated heterocycles. The Morgan fingerprint density at radius 3 is 1.37 bits per heavy atom. The molecule has 0 N–H and O–H groups in total. The Morgan fingerprint density at radius 2 is 0.769 bits per heavy atom. The Bertz CT molecular complexity index is 3900. The second kappa shape index (κ2) is 14.9. The fourth-order valence-corrected chi connectivity index (χ4v) is 9.76. The molecule has 65 heavy (non-hydrogen) atoms. The van der Waals surface area contributed by atoms with Crippen LogP contribution < -0.4 is 0 Å². The molecular weight excluding hydrogens is 793 g/mol. The summed E-state index contributed by atoms with van der Waals surface area (Å²) in [5.74, 6) is 0.884. The molecule has 0 bridgehead atoms. The van der Waals surface area contributed by atoms with Crippen molar-refractivity contribution in [2.45, 2.75) is 0 Å². The minimum absolute atomic E-state index is 0.840. The standard InChI is InChI=1S/C59H38N6/c1-2-10-39(11-3-1)40-22-26-45(27-23-40)63-54-15-7-4-12-48(54)50-36-43(24-32-56(50)63)44-25-33-57-51(37-44)49-13-5-8-16-55(49)64(57)46-28-30-47(31-29-46)65-58-17-9-6-14-52(58)62-59(65)42-20-18-41(19-21-42)53-38-60-34-35-61-53/h1-38H. The van der Waals surface area contributed by atoms with E-state index in [-0.39, 0.29) is 0 Å². The molecule has 0 fully saturated rings. The van der Waals surface area contributed by atoms with Gasteiger partial charge in [0, 0.05) is 62.1 Å². The summed E-state index contributed by atoms with van der Waals surface area (Å²) in [7, 11) is 0. The zero-order valence-electron chi connectivity index (χ0n) is 35.1. The molecule has 0 aliphatic rings. The van der Waals surface area contributed by atoms with E-state index in [1.54, 1.807) is 18.6 Å². The zero-order valence-corrected chi connectivity index (χ0v) is 35.1. The van der Waals surface area contributed by atoms with Gasteiger partial charge < -0.3 is 9.13 Å². The van der Waals surface area contributed by atoms with Gasteiger partial charge in [0.1, 0.15) is 5.82 Å². The summed E-state index contributed by atoms with van der Waals surface area (Å²) in [6.45, 7) is 0. The van der Waals surface area contributed by atoms with Gasteiger partial charge >= 0.3 is 0 Å². The number of imidazole rings is 1. The summed E-state index contributed by atoms with van der Waals surface area (Å²) in [4.78, 5) is 13.9. The number of hydrogen-bond donors (Lipinski definition) is 0. The Hall–Kier alpha value is -8.87. The third-order valence-corrected chi connectivity index (χ3v) is 12.8. The molecule has 6 heteroatoms. The highest BCUT2D eigenvalue weighted by Gasteiger charge is 2.18. The van der Waals surface area contributed by atoms with Crippen LogP contribution >= 0.6 is 0 Å². The number of benzene rings is 9. The number of fused-ring (bicyclic) bond motifs is 7. The second-order valence-electron chi connectivity index (χ2n) is 16.5. The highest BCUT2D eigenvalue weighted by Crippen LogP contribution is 2.39. The van der Waals surface area contributed by atoms with E-state index in [1.807, 2.05) is 6.07 Å². The maximum Gasteiger partial charge on any atom is 0.145 e. The van der Waals surface area contributed by atoms with Crippen LogP contribution in [0.25, 0.3) is 117 Å². The van der Waals surface area contributed by atoms with Gasteiger partial charge in [-0.15, -0.1) is 0 Å². The Labute approximate surface area is 374 Å². The molecule has 0 spiro atoms. The van der Waals surface area contributed by atoms with Crippen molar-refractivity contribution in [3.05, 3.63) is 231 Å². The van der Waals surface area contributed by atoms with E-state index in [0.29, 0.717) is 0 Å². The van der Waals surface area contributed by atoms with Crippen LogP contribution in [-0.4, -0.2) is 28.7 Å². The SMILES string of the molecule is c1ccc(-c2ccc(-n3c4ccccc4c4cc(-c5ccc6c(c5)c5ccccc5n6-c5ccc(-n6c(-c7ccc(-c8cnccn8)cc7)nc7ccccc76)cc5)ccc43)cc2)cc1. The highest BCUT2D eigenvalue weighted by molar-refractivity contribution is 6.12. The van der Waals surface area contributed by atoms with Crippen LogP contribution in [-0.2, 0) is 0 Å². The van der Waals surface area contributed by atoms with Crippen LogP contribution in [0.5, 0.6) is 0 Å². The molecule has 9 aromatic carbocycles. The lowest BCUT2D eigenvalue weighted by molar-refractivity contribution is 1.09. The van der Waals surface area contributed by atoms with Gasteiger partial charge in [0.25, 0.3) is 0 Å². The van der Waals surface area contributed by atoms with Crippen molar-refractivity contribution in [3.63, 3.8) is 0 Å². The van der Waals surface area contributed by atoms with E-state index in [0.717, 1.165) is 56.3 Å². The van der Waals surface area contributed by atoms with Crippen molar-refractivity contribution in [1.82, 2.24) is 28.7 Å². The van der Waals surface area contributed by atoms with Crippen molar-refractivity contribution in [2.24, 2.45) is 0 Å². The van der Waals surface area contributed by atoms with Gasteiger partial charge in [-0.3, -0.25) is 14.5 Å². The van der Waals surface area contributed by atoms with E-state index < -0.39 is 0 Å². The molecule has 304 valence electrons. The molecule has 13 aromatic rings. The van der Waals surface area contributed by atoms with E-state index in [1.165, 1.54) is 60.3 Å². The lowest BCUT2D eigenvalue weighted by atomic mass is 10.0. The normalized spacial score (nSPS) is 11.7. The third-order valence-electron chi connectivity index (χ3n) is 12.8. The van der Waals surface area contributed by atoms with Crippen LogP contribution in [0.1, 0.15) is 0 Å². The molecule has 0 saturated carbocycles. The first-order chi connectivity index (χ1) is 32.2. The lowest BCUT2D eigenvalue weighted by Gasteiger charge is -2.13. The number of aromatic nitrogens is 6. The van der Waals surface area contributed by atoms with Crippen LogP contribution in [0.3, 0.4) is 0 Å². The third kappa shape index (κ3) is 6.07. The van der Waals surface area contributed by atoms with E-state index in [4.69, 9.17) is 4.98 Å². The van der Waals surface area contributed by atoms with Crippen LogP contribution in [0.4, 0.5) is 0 Å². The van der Waals surface area contributed by atoms with Crippen molar-refractivity contribution < 1.29 is 0 Å². The minimum Gasteiger partial charge on any atom is -0.309 e. The van der Waals surface area contributed by atoms with Gasteiger partial charge in [-0.2, -0.15) is 0 Å². The summed E-state index contributed by atoms with van der Waals surface area (Å²) in [6.07, 6.45) is 5.20. The zero-order chi connectivity index (χ0) is 42.8. The van der Waals surface area contributed by atoms with Gasteiger partial charge in [0.15, 0.2) is 0 Å². The van der Waals surface area contributed by atoms with Crippen molar-refractivity contribution in [2.75, 3.05) is 0 Å². The number of nitrogens with zero attached hydrogens (tertiary/aromatic N) is 6. The smallest absolute Gasteiger partial charge is 0.145 e. The molecule has 4 heterocycles. The quantitative estimate of drug-likeness (QED) is 0.161. The first-order valence-electron chi connectivity index (χ1n) is 21.9. The molecule has 0 atom stereocenters. The summed E-state index contributed by atoms with van der Waals surface area (Å²) in [5.41, 5.74) is 17.7. The Morgan fingerprint density at radius 1 is 0.308 bits per heavy atom. The highest BCUT2D eigenvalue weighted by atomic mass is 15.1. The molecule has 0 amide bonds. The van der Waals surface area contributed by atoms with Crippen LogP contribution in [0.2, 0.25) is 0 Å². The lowest BCUT2D eigenvalue weighted by Crippen LogP contribution is -1.99. The predicted molar refractivity (Wildman–Crippen MR) is 267 cm³/mol. The molecule has 0 radical (unpaired) electrons. The Kier molecular flexibility index (Phi) is 8.42. The van der Waals surface area contributed by atoms with Gasteiger partial charge in [0.05, 0.1) is 45.0 Å². The summed E-state index contributed by atoms with van der Waals surface area (Å²) in [5, 5.41) is 4.92. The van der Waals surface area contributed by atoms with Crippen LogP contribution in [0, 0.1) is 0 Å². The first kappa shape index (κ1) is 36.8. The predicted octanol–water partition coefficient (Wildman–Crippen LogP) is 14.7. The maximum atomic E-state index is 5.14. The largest absolute Gasteiger partial charge is 0.309 e. The van der Waals surface area contributed by atoms with Gasteiger partial charge in [-0.25, -0.2) is 4.98 Å². The molecule has 0 aliphatic carbocycles. The fourth-order valence-electron chi connectivity index (χ4n) is 9.76. The van der Waals surface area contributed by atoms with E-state index in [9.17, 15) is 0 Å². The molecule has 13 rings (SSSR count). The van der Waals surface area contributed by atoms with Crippen molar-refractivity contribution in [1.29, 1.82) is 0 Å². The molecule has 0 aliphatic heterocycles. The van der Waals surface area contributed by atoms with Crippen LogP contribution in [0.15, 0.2) is 231 Å². The summed E-state index contributed by atoms with van der Waals surface area (Å²) >= 11 is 0. The van der Waals surface area contributed by atoms with Crippen molar-refractivity contribution >= 4 is 54.6 Å². The summed E-state index contributed by atoms with van der Waals surface area (Å²) in [6, 6.07) is 76.4. The monoisotopic (exact) mass is 830 g/mol. The second-order valence-corrected chi connectivity index (χ2v) is 16.5. The molecular formula is C59H38N6. The average Bonchev–Trinajstić information content (AvgIpc) is 4.05. The number of para-hydroxylation sites is 4. The number of rotatable bonds is 7. The van der Waals surface area contributed by atoms with Gasteiger partial charge in [-0.1, -0.05) is 127 Å². The fraction of sp³-hybridized carbons (Fsp3) is 0.